The minimum Gasteiger partial charge on any atom is -0.455 e. The highest BCUT2D eigenvalue weighted by molar-refractivity contribution is 7.97. The fourth-order valence-electron chi connectivity index (χ4n) is 2.35. The first-order valence-corrected chi connectivity index (χ1v) is 9.91. The normalized spacial score (nSPS) is 11.1. The summed E-state index contributed by atoms with van der Waals surface area (Å²) in [5, 5.41) is 6.00. The lowest BCUT2D eigenvalue weighted by Crippen LogP contribution is -1.82. The number of aryl methyl sites for hydroxylation is 1. The van der Waals surface area contributed by atoms with Gasteiger partial charge in [0.1, 0.15) is 5.76 Å². The molecule has 0 unspecified atom stereocenters. The summed E-state index contributed by atoms with van der Waals surface area (Å²) in [6.07, 6.45) is 0. The fraction of sp³-hybridized carbons (Fsp3) is 0.158. The van der Waals surface area contributed by atoms with E-state index in [1.807, 2.05) is 41.4 Å². The second kappa shape index (κ2) is 7.29. The van der Waals surface area contributed by atoms with Crippen molar-refractivity contribution in [3.63, 3.8) is 0 Å². The molecule has 1 aromatic carbocycles. The Hall–Kier alpha value is -2.31. The average Bonchev–Trinajstić information content (AvgIpc) is 3.37. The third-order valence-electron chi connectivity index (χ3n) is 3.67. The monoisotopic (exact) mass is 368 g/mol. The predicted octanol–water partition coefficient (Wildman–Crippen LogP) is 5.80. The zero-order chi connectivity index (χ0) is 17.1. The molecule has 4 rings (SSSR count). The van der Waals surface area contributed by atoms with Crippen LogP contribution in [0.2, 0.25) is 0 Å². The van der Waals surface area contributed by atoms with Gasteiger partial charge in [0.05, 0.1) is 10.6 Å². The molecule has 4 aromatic rings. The van der Waals surface area contributed by atoms with Crippen LogP contribution in [0.15, 0.2) is 62.9 Å². The third-order valence-corrected chi connectivity index (χ3v) is 5.57. The lowest BCUT2D eigenvalue weighted by molar-refractivity contribution is 0.414. The van der Waals surface area contributed by atoms with E-state index in [4.69, 9.17) is 8.94 Å². The van der Waals surface area contributed by atoms with Gasteiger partial charge < -0.3 is 8.94 Å². The molecule has 0 aliphatic carbocycles. The largest absolute Gasteiger partial charge is 0.455 e. The van der Waals surface area contributed by atoms with E-state index in [1.54, 1.807) is 11.3 Å². The fourth-order valence-corrected chi connectivity index (χ4v) is 3.89. The van der Waals surface area contributed by atoms with Gasteiger partial charge in [-0.2, -0.15) is 4.98 Å². The molecule has 6 heteroatoms. The molecular formula is C19H16N2O2S2. The van der Waals surface area contributed by atoms with Gasteiger partial charge in [-0.3, -0.25) is 0 Å². The Balaban J connectivity index is 1.38. The van der Waals surface area contributed by atoms with Gasteiger partial charge in [0, 0.05) is 5.75 Å². The molecular weight excluding hydrogens is 352 g/mol. The summed E-state index contributed by atoms with van der Waals surface area (Å²) in [5.74, 6) is 4.29. The Kier molecular flexibility index (Phi) is 4.72. The molecule has 0 saturated carbocycles. The van der Waals surface area contributed by atoms with Crippen LogP contribution in [0.1, 0.15) is 16.9 Å². The van der Waals surface area contributed by atoms with Gasteiger partial charge in [0.15, 0.2) is 5.76 Å². The van der Waals surface area contributed by atoms with Crippen molar-refractivity contribution in [2.24, 2.45) is 0 Å². The second-order valence-corrected chi connectivity index (χ2v) is 7.58. The summed E-state index contributed by atoms with van der Waals surface area (Å²) in [6, 6.07) is 16.4. The minimum absolute atomic E-state index is 0.415. The van der Waals surface area contributed by atoms with E-state index in [9.17, 15) is 0 Å². The van der Waals surface area contributed by atoms with Crippen LogP contribution < -0.4 is 0 Å². The molecule has 0 radical (unpaired) electrons. The summed E-state index contributed by atoms with van der Waals surface area (Å²) in [5.41, 5.74) is 2.60. The highest BCUT2D eigenvalue weighted by Gasteiger charge is 2.14. The van der Waals surface area contributed by atoms with E-state index < -0.39 is 0 Å². The first kappa shape index (κ1) is 16.2. The number of hydrogen-bond acceptors (Lipinski definition) is 6. The standard InChI is InChI=1S/C19H16N2O2S2/c1-13-4-6-14(7-5-13)11-24-12-15-8-9-16(22-15)19-20-18(21-23-19)17-3-2-10-25-17/h2-10H,11-12H2,1H3. The Bertz CT molecular complexity index is 940. The van der Waals surface area contributed by atoms with Crippen LogP contribution in [0.4, 0.5) is 0 Å². The quantitative estimate of drug-likeness (QED) is 0.430. The number of furan rings is 1. The van der Waals surface area contributed by atoms with E-state index >= 15 is 0 Å². The zero-order valence-corrected chi connectivity index (χ0v) is 15.3. The van der Waals surface area contributed by atoms with Crippen LogP contribution in [0.5, 0.6) is 0 Å². The molecule has 4 nitrogen and oxygen atoms in total. The van der Waals surface area contributed by atoms with Crippen molar-refractivity contribution in [1.82, 2.24) is 10.1 Å². The molecule has 25 heavy (non-hydrogen) atoms. The average molecular weight is 368 g/mol. The smallest absolute Gasteiger partial charge is 0.293 e. The van der Waals surface area contributed by atoms with E-state index in [0.29, 0.717) is 17.5 Å². The van der Waals surface area contributed by atoms with Gasteiger partial charge in [-0.15, -0.1) is 23.1 Å². The highest BCUT2D eigenvalue weighted by atomic mass is 32.2. The van der Waals surface area contributed by atoms with Crippen molar-refractivity contribution < 1.29 is 8.94 Å². The number of aromatic nitrogens is 2. The highest BCUT2D eigenvalue weighted by Crippen LogP contribution is 2.28. The summed E-state index contributed by atoms with van der Waals surface area (Å²) in [7, 11) is 0. The van der Waals surface area contributed by atoms with Gasteiger partial charge in [0.25, 0.3) is 5.89 Å². The maximum atomic E-state index is 5.84. The molecule has 3 aromatic heterocycles. The SMILES string of the molecule is Cc1ccc(CSCc2ccc(-c3nc(-c4cccs4)no3)o2)cc1. The number of nitrogens with zero attached hydrogens (tertiary/aromatic N) is 2. The molecule has 0 N–H and O–H groups in total. The van der Waals surface area contributed by atoms with Crippen LogP contribution in [-0.4, -0.2) is 10.1 Å². The van der Waals surface area contributed by atoms with E-state index in [-0.39, 0.29) is 0 Å². The van der Waals surface area contributed by atoms with Gasteiger partial charge in [-0.1, -0.05) is 41.1 Å². The summed E-state index contributed by atoms with van der Waals surface area (Å²) < 4.78 is 11.2. The van der Waals surface area contributed by atoms with Crippen LogP contribution in [-0.2, 0) is 11.5 Å². The first-order valence-electron chi connectivity index (χ1n) is 7.88. The number of hydrogen-bond donors (Lipinski definition) is 0. The molecule has 0 saturated heterocycles. The van der Waals surface area contributed by atoms with Crippen LogP contribution in [0.25, 0.3) is 22.4 Å². The van der Waals surface area contributed by atoms with Crippen molar-refractivity contribution in [3.8, 4) is 22.4 Å². The summed E-state index contributed by atoms with van der Waals surface area (Å²) >= 11 is 3.40. The third kappa shape index (κ3) is 3.86. The molecule has 3 heterocycles. The Morgan fingerprint density at radius 2 is 1.92 bits per heavy atom. The topological polar surface area (TPSA) is 52.1 Å². The number of thioether (sulfide) groups is 1. The maximum absolute atomic E-state index is 5.84. The number of rotatable bonds is 6. The zero-order valence-electron chi connectivity index (χ0n) is 13.6. The molecule has 0 amide bonds. The van der Waals surface area contributed by atoms with E-state index in [2.05, 4.69) is 41.3 Å². The molecule has 126 valence electrons. The van der Waals surface area contributed by atoms with Crippen LogP contribution >= 0.6 is 23.1 Å². The lowest BCUT2D eigenvalue weighted by Gasteiger charge is -2.01. The van der Waals surface area contributed by atoms with Crippen molar-refractivity contribution in [1.29, 1.82) is 0 Å². The summed E-state index contributed by atoms with van der Waals surface area (Å²) in [4.78, 5) is 5.39. The maximum Gasteiger partial charge on any atom is 0.293 e. The molecule has 0 aliphatic rings. The number of benzene rings is 1. The first-order chi connectivity index (χ1) is 12.3. The Morgan fingerprint density at radius 1 is 1.04 bits per heavy atom. The van der Waals surface area contributed by atoms with Crippen molar-refractivity contribution in [3.05, 3.63) is 70.8 Å². The summed E-state index contributed by atoms with van der Waals surface area (Å²) in [6.45, 7) is 2.10. The van der Waals surface area contributed by atoms with E-state index in [1.165, 1.54) is 11.1 Å². The van der Waals surface area contributed by atoms with Crippen LogP contribution in [0, 0.1) is 6.92 Å². The van der Waals surface area contributed by atoms with Gasteiger partial charge >= 0.3 is 0 Å². The van der Waals surface area contributed by atoms with Crippen LogP contribution in [0.3, 0.4) is 0 Å². The lowest BCUT2D eigenvalue weighted by atomic mass is 10.2. The molecule has 0 fully saturated rings. The molecule has 0 bridgehead atoms. The Labute approximate surface area is 153 Å². The molecule has 0 spiro atoms. The van der Waals surface area contributed by atoms with Gasteiger partial charge in [-0.25, -0.2) is 0 Å². The molecule has 0 aliphatic heterocycles. The number of thiophene rings is 1. The second-order valence-electron chi connectivity index (χ2n) is 5.64. The Morgan fingerprint density at radius 3 is 2.72 bits per heavy atom. The van der Waals surface area contributed by atoms with Gasteiger partial charge in [-0.05, 0) is 36.1 Å². The van der Waals surface area contributed by atoms with E-state index in [0.717, 1.165) is 22.1 Å². The van der Waals surface area contributed by atoms with Crippen molar-refractivity contribution in [2.45, 2.75) is 18.4 Å². The van der Waals surface area contributed by atoms with Gasteiger partial charge in [0.2, 0.25) is 5.82 Å². The predicted molar refractivity (Wildman–Crippen MR) is 101 cm³/mol. The molecule has 0 atom stereocenters. The van der Waals surface area contributed by atoms with Crippen molar-refractivity contribution >= 4 is 23.1 Å². The minimum atomic E-state index is 0.415. The van der Waals surface area contributed by atoms with Crippen molar-refractivity contribution in [2.75, 3.05) is 0 Å².